The number of hydrogen-bond acceptors (Lipinski definition) is 4. The molecule has 0 fully saturated rings. The molecule has 106 valence electrons. The lowest BCUT2D eigenvalue weighted by Gasteiger charge is -2.23. The molecule has 20 heavy (non-hydrogen) atoms. The maximum atomic E-state index is 8.98. The van der Waals surface area contributed by atoms with E-state index in [1.807, 2.05) is 12.1 Å². The van der Waals surface area contributed by atoms with E-state index in [1.165, 1.54) is 0 Å². The molecule has 0 radical (unpaired) electrons. The van der Waals surface area contributed by atoms with Gasteiger partial charge in [-0.2, -0.15) is 10.5 Å². The fraction of sp³-hybridized carbons (Fsp3) is 0.500. The van der Waals surface area contributed by atoms with Crippen LogP contribution in [0, 0.1) is 28.6 Å². The Hall–Kier alpha value is -2.04. The van der Waals surface area contributed by atoms with Gasteiger partial charge in [0.25, 0.3) is 0 Å². The highest BCUT2D eigenvalue weighted by Crippen LogP contribution is 2.20. The first kappa shape index (κ1) is 16.0. The van der Waals surface area contributed by atoms with E-state index in [1.54, 1.807) is 13.2 Å². The standard InChI is InChI=1S/C16H21N3O/c1-13(2)11-19(8-4-7-17)12-14-5-6-15(10-18)16(9-14)20-3/h5-6,9,13H,4,8,11-12H2,1-3H3. The Morgan fingerprint density at radius 1 is 1.30 bits per heavy atom. The number of nitrogens with zero attached hydrogens (tertiary/aromatic N) is 3. The second-order valence-electron chi connectivity index (χ2n) is 5.18. The van der Waals surface area contributed by atoms with E-state index in [0.717, 1.165) is 25.2 Å². The van der Waals surface area contributed by atoms with Gasteiger partial charge < -0.3 is 4.74 Å². The molecule has 0 aromatic heterocycles. The first-order valence-corrected chi connectivity index (χ1v) is 6.77. The van der Waals surface area contributed by atoms with E-state index >= 15 is 0 Å². The molecule has 0 aliphatic rings. The van der Waals surface area contributed by atoms with E-state index in [0.29, 0.717) is 23.7 Å². The first-order chi connectivity index (χ1) is 9.60. The minimum atomic E-state index is 0.528. The summed E-state index contributed by atoms with van der Waals surface area (Å²) in [5.41, 5.74) is 1.64. The summed E-state index contributed by atoms with van der Waals surface area (Å²) in [4.78, 5) is 2.26. The molecule has 0 amide bonds. The summed E-state index contributed by atoms with van der Waals surface area (Å²) >= 11 is 0. The van der Waals surface area contributed by atoms with Gasteiger partial charge in [-0.05, 0) is 23.6 Å². The zero-order valence-corrected chi connectivity index (χ0v) is 12.4. The van der Waals surface area contributed by atoms with Crippen molar-refractivity contribution in [3.8, 4) is 17.9 Å². The SMILES string of the molecule is COc1cc(CN(CCC#N)CC(C)C)ccc1C#N. The quantitative estimate of drug-likeness (QED) is 0.765. The third-order valence-electron chi connectivity index (χ3n) is 2.96. The van der Waals surface area contributed by atoms with E-state index in [2.05, 4.69) is 30.9 Å². The van der Waals surface area contributed by atoms with Crippen LogP contribution in [0.5, 0.6) is 5.75 Å². The minimum Gasteiger partial charge on any atom is -0.495 e. The van der Waals surface area contributed by atoms with E-state index in [9.17, 15) is 0 Å². The summed E-state index contributed by atoms with van der Waals surface area (Å²) in [6, 6.07) is 9.93. The van der Waals surface area contributed by atoms with Crippen LogP contribution in [0.4, 0.5) is 0 Å². The van der Waals surface area contributed by atoms with Crippen molar-refractivity contribution in [3.05, 3.63) is 29.3 Å². The molecule has 0 saturated carbocycles. The van der Waals surface area contributed by atoms with Crippen molar-refractivity contribution >= 4 is 0 Å². The van der Waals surface area contributed by atoms with Crippen molar-refractivity contribution in [2.24, 2.45) is 5.92 Å². The van der Waals surface area contributed by atoms with Crippen LogP contribution in [-0.2, 0) is 6.54 Å². The highest BCUT2D eigenvalue weighted by atomic mass is 16.5. The normalized spacial score (nSPS) is 10.3. The largest absolute Gasteiger partial charge is 0.495 e. The van der Waals surface area contributed by atoms with Crippen molar-refractivity contribution in [3.63, 3.8) is 0 Å². The predicted molar refractivity (Wildman–Crippen MR) is 78.1 cm³/mol. The van der Waals surface area contributed by atoms with Crippen LogP contribution < -0.4 is 4.74 Å². The summed E-state index contributed by atoms with van der Waals surface area (Å²) in [5.74, 6) is 1.16. The highest BCUT2D eigenvalue weighted by Gasteiger charge is 2.10. The van der Waals surface area contributed by atoms with Crippen LogP contribution in [0.25, 0.3) is 0 Å². The average Bonchev–Trinajstić information content (AvgIpc) is 2.44. The molecular weight excluding hydrogens is 250 g/mol. The first-order valence-electron chi connectivity index (χ1n) is 6.77. The Bertz CT molecular complexity index is 511. The van der Waals surface area contributed by atoms with Crippen LogP contribution in [0.2, 0.25) is 0 Å². The Labute approximate surface area is 121 Å². The zero-order valence-electron chi connectivity index (χ0n) is 12.4. The van der Waals surface area contributed by atoms with Crippen molar-refractivity contribution in [1.82, 2.24) is 4.90 Å². The van der Waals surface area contributed by atoms with Gasteiger partial charge in [0.1, 0.15) is 11.8 Å². The molecule has 1 rings (SSSR count). The molecule has 0 heterocycles. The summed E-state index contributed by atoms with van der Waals surface area (Å²) < 4.78 is 5.23. The second kappa shape index (κ2) is 8.19. The molecule has 0 aliphatic carbocycles. The fourth-order valence-electron chi connectivity index (χ4n) is 2.14. The number of hydrogen-bond donors (Lipinski definition) is 0. The Morgan fingerprint density at radius 2 is 2.05 bits per heavy atom. The number of benzene rings is 1. The monoisotopic (exact) mass is 271 g/mol. The number of ether oxygens (including phenoxy) is 1. The predicted octanol–water partition coefficient (Wildman–Crippen LogP) is 2.94. The van der Waals surface area contributed by atoms with E-state index in [4.69, 9.17) is 15.3 Å². The van der Waals surface area contributed by atoms with Crippen LogP contribution in [0.1, 0.15) is 31.4 Å². The molecule has 0 N–H and O–H groups in total. The van der Waals surface area contributed by atoms with Gasteiger partial charge in [-0.25, -0.2) is 0 Å². The number of rotatable bonds is 7. The van der Waals surface area contributed by atoms with Gasteiger partial charge in [0.2, 0.25) is 0 Å². The lowest BCUT2D eigenvalue weighted by atomic mass is 10.1. The molecule has 1 aromatic rings. The van der Waals surface area contributed by atoms with Crippen molar-refractivity contribution in [1.29, 1.82) is 10.5 Å². The lowest BCUT2D eigenvalue weighted by Crippen LogP contribution is -2.28. The van der Waals surface area contributed by atoms with Gasteiger partial charge in [-0.15, -0.1) is 0 Å². The van der Waals surface area contributed by atoms with Crippen LogP contribution in [0.15, 0.2) is 18.2 Å². The van der Waals surface area contributed by atoms with Gasteiger partial charge in [0, 0.05) is 26.1 Å². The molecular formula is C16H21N3O. The van der Waals surface area contributed by atoms with Crippen LogP contribution in [0.3, 0.4) is 0 Å². The fourth-order valence-corrected chi connectivity index (χ4v) is 2.14. The third-order valence-corrected chi connectivity index (χ3v) is 2.96. The van der Waals surface area contributed by atoms with Gasteiger partial charge in [-0.1, -0.05) is 19.9 Å². The number of methoxy groups -OCH3 is 1. The van der Waals surface area contributed by atoms with Crippen LogP contribution >= 0.6 is 0 Å². The van der Waals surface area contributed by atoms with Gasteiger partial charge >= 0.3 is 0 Å². The molecule has 0 bridgehead atoms. The number of nitriles is 2. The Balaban J connectivity index is 2.82. The topological polar surface area (TPSA) is 60.0 Å². The van der Waals surface area contributed by atoms with E-state index in [-0.39, 0.29) is 0 Å². The highest BCUT2D eigenvalue weighted by molar-refractivity contribution is 5.45. The molecule has 0 atom stereocenters. The van der Waals surface area contributed by atoms with Crippen molar-refractivity contribution in [2.45, 2.75) is 26.8 Å². The smallest absolute Gasteiger partial charge is 0.136 e. The minimum absolute atomic E-state index is 0.528. The zero-order chi connectivity index (χ0) is 15.0. The van der Waals surface area contributed by atoms with E-state index < -0.39 is 0 Å². The molecule has 0 spiro atoms. The third kappa shape index (κ3) is 4.91. The summed E-state index contributed by atoms with van der Waals surface area (Å²) in [5, 5.41) is 17.7. The summed E-state index contributed by atoms with van der Waals surface area (Å²) in [6.07, 6.45) is 0.528. The maximum Gasteiger partial charge on any atom is 0.136 e. The van der Waals surface area contributed by atoms with Crippen molar-refractivity contribution in [2.75, 3.05) is 20.2 Å². The summed E-state index contributed by atoms with van der Waals surface area (Å²) in [7, 11) is 1.57. The molecule has 4 nitrogen and oxygen atoms in total. The molecule has 0 saturated heterocycles. The van der Waals surface area contributed by atoms with Gasteiger partial charge in [0.15, 0.2) is 0 Å². The molecule has 0 aliphatic heterocycles. The Kier molecular flexibility index (Phi) is 6.56. The summed E-state index contributed by atoms with van der Waals surface area (Å²) in [6.45, 7) is 6.81. The average molecular weight is 271 g/mol. The molecule has 0 unspecified atom stereocenters. The van der Waals surface area contributed by atoms with Crippen molar-refractivity contribution < 1.29 is 4.74 Å². The van der Waals surface area contributed by atoms with Gasteiger partial charge in [-0.3, -0.25) is 4.90 Å². The van der Waals surface area contributed by atoms with Crippen LogP contribution in [-0.4, -0.2) is 25.1 Å². The lowest BCUT2D eigenvalue weighted by molar-refractivity contribution is 0.241. The molecule has 1 aromatic carbocycles. The second-order valence-corrected chi connectivity index (χ2v) is 5.18. The maximum absolute atomic E-state index is 8.98. The molecule has 4 heteroatoms. The Morgan fingerprint density at radius 3 is 2.60 bits per heavy atom. The van der Waals surface area contributed by atoms with Gasteiger partial charge in [0.05, 0.1) is 18.7 Å².